The highest BCUT2D eigenvalue weighted by Crippen LogP contribution is 2.43. The van der Waals surface area contributed by atoms with Gasteiger partial charge in [0.15, 0.2) is 0 Å². The van der Waals surface area contributed by atoms with Crippen molar-refractivity contribution in [3.8, 4) is 0 Å². The highest BCUT2D eigenvalue weighted by Gasteiger charge is 2.34. The Bertz CT molecular complexity index is 382. The van der Waals surface area contributed by atoms with Gasteiger partial charge in [0.25, 0.3) is 0 Å². The molecule has 0 atom stereocenters. The Hall–Kier alpha value is -0.0500. The third-order valence-corrected chi connectivity index (χ3v) is 4.84. The first-order chi connectivity index (χ1) is 8.15. The standard InChI is InChI=1S/C14H19BrClN/c1-2-14(6-3-7-14)10-17-9-11-4-5-12(15)8-13(11)16/h4-5,8,17H,2-3,6-7,9-10H2,1H3. The van der Waals surface area contributed by atoms with Gasteiger partial charge in [-0.2, -0.15) is 0 Å². The van der Waals surface area contributed by atoms with Crippen LogP contribution in [0.25, 0.3) is 0 Å². The molecule has 2 rings (SSSR count). The van der Waals surface area contributed by atoms with Crippen LogP contribution in [0.1, 0.15) is 38.2 Å². The Morgan fingerprint density at radius 3 is 2.71 bits per heavy atom. The maximum atomic E-state index is 6.19. The van der Waals surface area contributed by atoms with Gasteiger partial charge < -0.3 is 5.32 Å². The van der Waals surface area contributed by atoms with Crippen LogP contribution in [0.5, 0.6) is 0 Å². The van der Waals surface area contributed by atoms with E-state index in [1.54, 1.807) is 0 Å². The molecule has 1 nitrogen and oxygen atoms in total. The molecule has 1 aliphatic rings. The zero-order valence-electron chi connectivity index (χ0n) is 10.2. The first kappa shape index (κ1) is 13.4. The van der Waals surface area contributed by atoms with Gasteiger partial charge in [-0.1, -0.05) is 46.9 Å². The smallest absolute Gasteiger partial charge is 0.0462 e. The molecular weight excluding hydrogens is 298 g/mol. The van der Waals surface area contributed by atoms with Crippen molar-refractivity contribution < 1.29 is 0 Å². The average molecular weight is 317 g/mol. The van der Waals surface area contributed by atoms with Crippen molar-refractivity contribution in [1.29, 1.82) is 0 Å². The van der Waals surface area contributed by atoms with E-state index >= 15 is 0 Å². The summed E-state index contributed by atoms with van der Waals surface area (Å²) in [5, 5.41) is 4.39. The quantitative estimate of drug-likeness (QED) is 0.825. The SMILES string of the molecule is CCC1(CNCc2ccc(Br)cc2Cl)CCC1. The van der Waals surface area contributed by atoms with E-state index in [0.29, 0.717) is 5.41 Å². The van der Waals surface area contributed by atoms with Crippen molar-refractivity contribution in [1.82, 2.24) is 5.32 Å². The Labute approximate surface area is 117 Å². The molecule has 1 saturated carbocycles. The van der Waals surface area contributed by atoms with Gasteiger partial charge >= 0.3 is 0 Å². The fraction of sp³-hybridized carbons (Fsp3) is 0.571. The second-order valence-corrected chi connectivity index (χ2v) is 6.37. The topological polar surface area (TPSA) is 12.0 Å². The van der Waals surface area contributed by atoms with Crippen molar-refractivity contribution in [3.05, 3.63) is 33.3 Å². The summed E-state index contributed by atoms with van der Waals surface area (Å²) in [7, 11) is 0. The third kappa shape index (κ3) is 3.24. The Morgan fingerprint density at radius 2 is 2.18 bits per heavy atom. The van der Waals surface area contributed by atoms with E-state index in [-0.39, 0.29) is 0 Å². The van der Waals surface area contributed by atoms with E-state index in [1.165, 1.54) is 31.2 Å². The highest BCUT2D eigenvalue weighted by molar-refractivity contribution is 9.10. The van der Waals surface area contributed by atoms with E-state index in [9.17, 15) is 0 Å². The lowest BCUT2D eigenvalue weighted by Gasteiger charge is -2.41. The molecule has 0 heterocycles. The summed E-state index contributed by atoms with van der Waals surface area (Å²) >= 11 is 9.61. The molecule has 0 spiro atoms. The minimum Gasteiger partial charge on any atom is -0.312 e. The number of halogens is 2. The third-order valence-electron chi connectivity index (χ3n) is 3.99. The van der Waals surface area contributed by atoms with Crippen molar-refractivity contribution in [2.75, 3.05) is 6.54 Å². The minimum atomic E-state index is 0.571. The van der Waals surface area contributed by atoms with E-state index < -0.39 is 0 Å². The Kier molecular flexibility index (Phi) is 4.51. The summed E-state index contributed by atoms with van der Waals surface area (Å²) in [6.45, 7) is 4.29. The van der Waals surface area contributed by atoms with E-state index in [4.69, 9.17) is 11.6 Å². The molecule has 94 valence electrons. The Balaban J connectivity index is 1.85. The summed E-state index contributed by atoms with van der Waals surface area (Å²) in [6.07, 6.45) is 5.44. The summed E-state index contributed by atoms with van der Waals surface area (Å²) in [6, 6.07) is 6.08. The van der Waals surface area contributed by atoms with E-state index in [0.717, 1.165) is 22.6 Å². The maximum absolute atomic E-state index is 6.19. The fourth-order valence-corrected chi connectivity index (χ4v) is 3.20. The van der Waals surface area contributed by atoms with Crippen molar-refractivity contribution in [3.63, 3.8) is 0 Å². The predicted octanol–water partition coefficient (Wildman–Crippen LogP) is 4.77. The summed E-state index contributed by atoms with van der Waals surface area (Å²) in [5.74, 6) is 0. The molecule has 1 aromatic carbocycles. The lowest BCUT2D eigenvalue weighted by atomic mass is 9.67. The van der Waals surface area contributed by atoms with Crippen LogP contribution in [-0.2, 0) is 6.54 Å². The van der Waals surface area contributed by atoms with Crippen LogP contribution in [0.15, 0.2) is 22.7 Å². The van der Waals surface area contributed by atoms with Gasteiger partial charge in [0.1, 0.15) is 0 Å². The summed E-state index contributed by atoms with van der Waals surface area (Å²) in [5.41, 5.74) is 1.75. The van der Waals surface area contributed by atoms with E-state index in [1.807, 2.05) is 12.1 Å². The zero-order chi connectivity index (χ0) is 12.3. The van der Waals surface area contributed by atoms with Crippen molar-refractivity contribution >= 4 is 27.5 Å². The number of hydrogen-bond acceptors (Lipinski definition) is 1. The molecule has 0 unspecified atom stereocenters. The van der Waals surface area contributed by atoms with E-state index in [2.05, 4.69) is 34.2 Å². The summed E-state index contributed by atoms with van der Waals surface area (Å²) in [4.78, 5) is 0. The largest absolute Gasteiger partial charge is 0.312 e. The van der Waals surface area contributed by atoms with Gasteiger partial charge in [0.05, 0.1) is 0 Å². The van der Waals surface area contributed by atoms with Crippen LogP contribution in [0, 0.1) is 5.41 Å². The molecule has 0 aliphatic heterocycles. The molecule has 0 amide bonds. The zero-order valence-corrected chi connectivity index (χ0v) is 12.6. The van der Waals surface area contributed by atoms with Crippen molar-refractivity contribution in [2.24, 2.45) is 5.41 Å². The molecule has 0 radical (unpaired) electrons. The molecule has 1 aliphatic carbocycles. The number of rotatable bonds is 5. The second kappa shape index (κ2) is 5.73. The molecular formula is C14H19BrClN. The fourth-order valence-electron chi connectivity index (χ4n) is 2.46. The van der Waals surface area contributed by atoms with Gasteiger partial charge in [0, 0.05) is 22.6 Å². The maximum Gasteiger partial charge on any atom is 0.0462 e. The first-order valence-corrected chi connectivity index (χ1v) is 7.47. The number of benzene rings is 1. The van der Waals surface area contributed by atoms with Crippen LogP contribution in [0.3, 0.4) is 0 Å². The highest BCUT2D eigenvalue weighted by atomic mass is 79.9. The molecule has 3 heteroatoms. The van der Waals surface area contributed by atoms with Gasteiger partial charge in [-0.05, 0) is 42.4 Å². The molecule has 0 saturated heterocycles. The summed E-state index contributed by atoms with van der Waals surface area (Å²) < 4.78 is 1.04. The molecule has 1 aromatic rings. The molecule has 1 fully saturated rings. The Morgan fingerprint density at radius 1 is 1.41 bits per heavy atom. The van der Waals surface area contributed by atoms with Crippen LogP contribution < -0.4 is 5.32 Å². The van der Waals surface area contributed by atoms with Gasteiger partial charge in [0.2, 0.25) is 0 Å². The van der Waals surface area contributed by atoms with Crippen LogP contribution in [0.4, 0.5) is 0 Å². The lowest BCUT2D eigenvalue weighted by Crippen LogP contribution is -2.39. The van der Waals surface area contributed by atoms with Crippen LogP contribution in [-0.4, -0.2) is 6.54 Å². The second-order valence-electron chi connectivity index (χ2n) is 5.05. The van der Waals surface area contributed by atoms with Crippen LogP contribution >= 0.6 is 27.5 Å². The van der Waals surface area contributed by atoms with Crippen molar-refractivity contribution in [2.45, 2.75) is 39.2 Å². The van der Waals surface area contributed by atoms with Gasteiger partial charge in [-0.25, -0.2) is 0 Å². The predicted molar refractivity (Wildman–Crippen MR) is 77.4 cm³/mol. The van der Waals surface area contributed by atoms with Gasteiger partial charge in [-0.15, -0.1) is 0 Å². The molecule has 1 N–H and O–H groups in total. The first-order valence-electron chi connectivity index (χ1n) is 6.30. The molecule has 0 aromatic heterocycles. The number of hydrogen-bond donors (Lipinski definition) is 1. The van der Waals surface area contributed by atoms with Crippen LogP contribution in [0.2, 0.25) is 5.02 Å². The minimum absolute atomic E-state index is 0.571. The average Bonchev–Trinajstić information content (AvgIpc) is 2.25. The molecule has 0 bridgehead atoms. The van der Waals surface area contributed by atoms with Gasteiger partial charge in [-0.3, -0.25) is 0 Å². The number of nitrogens with one attached hydrogen (secondary N) is 1. The monoisotopic (exact) mass is 315 g/mol. The normalized spacial score (nSPS) is 17.8. The molecule has 17 heavy (non-hydrogen) atoms. The lowest BCUT2D eigenvalue weighted by molar-refractivity contribution is 0.124.